The van der Waals surface area contributed by atoms with Crippen LogP contribution in [0, 0.1) is 18.2 Å². The minimum absolute atomic E-state index is 0.0867. The molecule has 1 aromatic rings. The van der Waals surface area contributed by atoms with E-state index in [9.17, 15) is 4.39 Å². The molecular formula is C13H19F. The summed E-state index contributed by atoms with van der Waals surface area (Å²) in [5.41, 5.74) is 2.26. The zero-order valence-corrected chi connectivity index (χ0v) is 9.52. The van der Waals surface area contributed by atoms with Crippen molar-refractivity contribution in [2.75, 3.05) is 0 Å². The van der Waals surface area contributed by atoms with Gasteiger partial charge in [-0.2, -0.15) is 0 Å². The van der Waals surface area contributed by atoms with E-state index in [4.69, 9.17) is 0 Å². The van der Waals surface area contributed by atoms with Gasteiger partial charge in [0.2, 0.25) is 0 Å². The first-order valence-electron chi connectivity index (χ1n) is 5.14. The highest BCUT2D eigenvalue weighted by Gasteiger charge is 2.11. The van der Waals surface area contributed by atoms with Crippen molar-refractivity contribution in [2.45, 2.75) is 40.5 Å². The smallest absolute Gasteiger partial charge is 0.126 e. The van der Waals surface area contributed by atoms with Gasteiger partial charge in [-0.25, -0.2) is 4.39 Å². The van der Waals surface area contributed by atoms with E-state index in [1.165, 1.54) is 6.07 Å². The molecule has 14 heavy (non-hydrogen) atoms. The lowest BCUT2D eigenvalue weighted by Gasteiger charge is -2.18. The summed E-state index contributed by atoms with van der Waals surface area (Å²) in [6.07, 6.45) is 2.06. The SMILES string of the molecule is Cc1c(F)cccc1CCC(C)(C)C. The molecule has 0 atom stereocenters. The molecule has 0 saturated heterocycles. The molecule has 1 rings (SSSR count). The van der Waals surface area contributed by atoms with Gasteiger partial charge in [-0.15, -0.1) is 0 Å². The third kappa shape index (κ3) is 3.13. The van der Waals surface area contributed by atoms with Gasteiger partial charge in [-0.05, 0) is 42.4 Å². The van der Waals surface area contributed by atoms with E-state index < -0.39 is 0 Å². The lowest BCUT2D eigenvalue weighted by molar-refractivity contribution is 0.377. The molecule has 0 aliphatic heterocycles. The summed E-state index contributed by atoms with van der Waals surface area (Å²) in [6.45, 7) is 8.48. The molecule has 0 saturated carbocycles. The summed E-state index contributed by atoms with van der Waals surface area (Å²) in [5.74, 6) is -0.0867. The number of aryl methyl sites for hydroxylation is 1. The molecule has 0 aromatic heterocycles. The highest BCUT2D eigenvalue weighted by Crippen LogP contribution is 2.23. The Labute approximate surface area is 86.2 Å². The topological polar surface area (TPSA) is 0 Å². The predicted molar refractivity (Wildman–Crippen MR) is 58.9 cm³/mol. The number of hydrogen-bond acceptors (Lipinski definition) is 0. The van der Waals surface area contributed by atoms with Gasteiger partial charge in [0.05, 0.1) is 0 Å². The van der Waals surface area contributed by atoms with Crippen molar-refractivity contribution in [3.8, 4) is 0 Å². The number of benzene rings is 1. The summed E-state index contributed by atoms with van der Waals surface area (Å²) in [4.78, 5) is 0. The molecule has 0 radical (unpaired) electrons. The fourth-order valence-corrected chi connectivity index (χ4v) is 1.43. The monoisotopic (exact) mass is 194 g/mol. The Hall–Kier alpha value is -0.850. The molecule has 0 bridgehead atoms. The molecule has 78 valence electrons. The Morgan fingerprint density at radius 2 is 1.86 bits per heavy atom. The Balaban J connectivity index is 2.73. The third-order valence-electron chi connectivity index (χ3n) is 2.52. The second kappa shape index (κ2) is 4.12. The van der Waals surface area contributed by atoms with Gasteiger partial charge in [0.25, 0.3) is 0 Å². The van der Waals surface area contributed by atoms with Crippen LogP contribution in [0.5, 0.6) is 0 Å². The van der Waals surface area contributed by atoms with Gasteiger partial charge < -0.3 is 0 Å². The van der Waals surface area contributed by atoms with Crippen molar-refractivity contribution in [2.24, 2.45) is 5.41 Å². The quantitative estimate of drug-likeness (QED) is 0.664. The average Bonchev–Trinajstić information content (AvgIpc) is 2.06. The first-order valence-corrected chi connectivity index (χ1v) is 5.14. The van der Waals surface area contributed by atoms with Crippen molar-refractivity contribution < 1.29 is 4.39 Å². The molecule has 0 spiro atoms. The summed E-state index contributed by atoms with van der Waals surface area (Å²) < 4.78 is 13.2. The van der Waals surface area contributed by atoms with Crippen LogP contribution in [0.25, 0.3) is 0 Å². The van der Waals surface area contributed by atoms with Gasteiger partial charge in [-0.3, -0.25) is 0 Å². The molecule has 0 aliphatic carbocycles. The van der Waals surface area contributed by atoms with E-state index in [0.717, 1.165) is 24.0 Å². The largest absolute Gasteiger partial charge is 0.207 e. The maximum atomic E-state index is 13.2. The van der Waals surface area contributed by atoms with Gasteiger partial charge in [-0.1, -0.05) is 32.9 Å². The molecule has 0 fully saturated rings. The molecule has 0 heterocycles. The van der Waals surface area contributed by atoms with E-state index >= 15 is 0 Å². The van der Waals surface area contributed by atoms with Crippen LogP contribution >= 0.6 is 0 Å². The van der Waals surface area contributed by atoms with Gasteiger partial charge in [0, 0.05) is 0 Å². The van der Waals surface area contributed by atoms with E-state index in [1.807, 2.05) is 13.0 Å². The van der Waals surface area contributed by atoms with Crippen LogP contribution in [-0.2, 0) is 6.42 Å². The standard InChI is InChI=1S/C13H19F/c1-10-11(6-5-7-12(10)14)8-9-13(2,3)4/h5-7H,8-9H2,1-4H3. The number of halogens is 1. The summed E-state index contributed by atoms with van der Waals surface area (Å²) in [6, 6.07) is 5.33. The van der Waals surface area contributed by atoms with Crippen LogP contribution in [0.1, 0.15) is 38.3 Å². The fourth-order valence-electron chi connectivity index (χ4n) is 1.43. The highest BCUT2D eigenvalue weighted by molar-refractivity contribution is 5.27. The maximum absolute atomic E-state index is 13.2. The van der Waals surface area contributed by atoms with Crippen LogP contribution < -0.4 is 0 Å². The fraction of sp³-hybridized carbons (Fsp3) is 0.538. The first kappa shape index (κ1) is 11.2. The zero-order valence-electron chi connectivity index (χ0n) is 9.52. The van der Waals surface area contributed by atoms with Crippen molar-refractivity contribution in [3.63, 3.8) is 0 Å². The summed E-state index contributed by atoms with van der Waals surface area (Å²) in [5, 5.41) is 0. The van der Waals surface area contributed by atoms with Crippen LogP contribution in [0.3, 0.4) is 0 Å². The predicted octanol–water partition coefficient (Wildman–Crippen LogP) is 4.11. The Kier molecular flexibility index (Phi) is 3.30. The van der Waals surface area contributed by atoms with E-state index in [2.05, 4.69) is 20.8 Å². The zero-order chi connectivity index (χ0) is 10.8. The highest BCUT2D eigenvalue weighted by atomic mass is 19.1. The number of hydrogen-bond donors (Lipinski definition) is 0. The molecule has 0 nitrogen and oxygen atoms in total. The maximum Gasteiger partial charge on any atom is 0.126 e. The van der Waals surface area contributed by atoms with Crippen molar-refractivity contribution >= 4 is 0 Å². The van der Waals surface area contributed by atoms with Crippen molar-refractivity contribution in [3.05, 3.63) is 35.1 Å². The molecule has 1 heteroatoms. The number of rotatable bonds is 2. The molecule has 0 amide bonds. The summed E-state index contributed by atoms with van der Waals surface area (Å²) >= 11 is 0. The van der Waals surface area contributed by atoms with Crippen LogP contribution in [0.4, 0.5) is 4.39 Å². The van der Waals surface area contributed by atoms with Crippen LogP contribution in [-0.4, -0.2) is 0 Å². The van der Waals surface area contributed by atoms with E-state index in [0.29, 0.717) is 5.41 Å². The van der Waals surface area contributed by atoms with E-state index in [1.54, 1.807) is 6.07 Å². The second-order valence-corrected chi connectivity index (χ2v) is 5.08. The molecule has 1 aromatic carbocycles. The average molecular weight is 194 g/mol. The van der Waals surface area contributed by atoms with E-state index in [-0.39, 0.29) is 5.82 Å². The Morgan fingerprint density at radius 3 is 2.43 bits per heavy atom. The van der Waals surface area contributed by atoms with Crippen LogP contribution in [0.15, 0.2) is 18.2 Å². The minimum atomic E-state index is -0.0867. The minimum Gasteiger partial charge on any atom is -0.207 e. The molecule has 0 aliphatic rings. The second-order valence-electron chi connectivity index (χ2n) is 5.08. The van der Waals surface area contributed by atoms with Crippen molar-refractivity contribution in [1.29, 1.82) is 0 Å². The lowest BCUT2D eigenvalue weighted by Crippen LogP contribution is -2.07. The Bertz CT molecular complexity index is 308. The van der Waals surface area contributed by atoms with Crippen molar-refractivity contribution in [1.82, 2.24) is 0 Å². The third-order valence-corrected chi connectivity index (χ3v) is 2.52. The van der Waals surface area contributed by atoms with Gasteiger partial charge >= 0.3 is 0 Å². The summed E-state index contributed by atoms with van der Waals surface area (Å²) in [7, 11) is 0. The van der Waals surface area contributed by atoms with Gasteiger partial charge in [0.15, 0.2) is 0 Å². The lowest BCUT2D eigenvalue weighted by atomic mass is 9.88. The Morgan fingerprint density at radius 1 is 1.21 bits per heavy atom. The molecular weight excluding hydrogens is 175 g/mol. The van der Waals surface area contributed by atoms with Gasteiger partial charge in [0.1, 0.15) is 5.82 Å². The molecule has 0 N–H and O–H groups in total. The molecule has 0 unspecified atom stereocenters. The normalized spacial score (nSPS) is 11.8. The first-order chi connectivity index (χ1) is 6.40. The van der Waals surface area contributed by atoms with Crippen LogP contribution in [0.2, 0.25) is 0 Å².